The molecule has 0 amide bonds. The summed E-state index contributed by atoms with van der Waals surface area (Å²) in [5.74, 6) is 6.83. The standard InChI is InChI=1S/C12H17N5/c1-9-3-5-10(6-4-9)7-8-11-15-16-12(14-13)17(11)2/h3-6H,7-8,13H2,1-2H3,(H,14,16). The van der Waals surface area contributed by atoms with Gasteiger partial charge in [-0.25, -0.2) is 5.84 Å². The van der Waals surface area contributed by atoms with Crippen LogP contribution in [-0.2, 0) is 19.9 Å². The first kappa shape index (κ1) is 11.6. The van der Waals surface area contributed by atoms with Crippen molar-refractivity contribution in [2.45, 2.75) is 19.8 Å². The van der Waals surface area contributed by atoms with Crippen molar-refractivity contribution in [1.29, 1.82) is 0 Å². The van der Waals surface area contributed by atoms with Gasteiger partial charge >= 0.3 is 0 Å². The van der Waals surface area contributed by atoms with E-state index in [1.54, 1.807) is 0 Å². The summed E-state index contributed by atoms with van der Waals surface area (Å²) in [7, 11) is 1.90. The summed E-state index contributed by atoms with van der Waals surface area (Å²) in [6.45, 7) is 2.09. The number of nitrogens with zero attached hydrogens (tertiary/aromatic N) is 3. The second kappa shape index (κ2) is 4.97. The van der Waals surface area contributed by atoms with Gasteiger partial charge in [0.2, 0.25) is 5.95 Å². The van der Waals surface area contributed by atoms with E-state index in [1.807, 2.05) is 11.6 Å². The van der Waals surface area contributed by atoms with Crippen molar-refractivity contribution in [3.63, 3.8) is 0 Å². The highest BCUT2D eigenvalue weighted by atomic mass is 15.4. The van der Waals surface area contributed by atoms with Gasteiger partial charge in [-0.3, -0.25) is 9.99 Å². The second-order valence-electron chi connectivity index (χ2n) is 4.13. The number of aromatic nitrogens is 3. The molecule has 0 aliphatic rings. The van der Waals surface area contributed by atoms with Crippen molar-refractivity contribution in [2.24, 2.45) is 12.9 Å². The number of aryl methyl sites for hydroxylation is 3. The lowest BCUT2D eigenvalue weighted by atomic mass is 10.1. The molecule has 0 saturated heterocycles. The Balaban J connectivity index is 2.02. The Hall–Kier alpha value is -1.88. The fourth-order valence-electron chi connectivity index (χ4n) is 1.72. The van der Waals surface area contributed by atoms with Gasteiger partial charge in [0.15, 0.2) is 0 Å². The number of nitrogens with one attached hydrogen (secondary N) is 1. The van der Waals surface area contributed by atoms with Crippen LogP contribution < -0.4 is 11.3 Å². The van der Waals surface area contributed by atoms with Gasteiger partial charge in [0.05, 0.1) is 0 Å². The second-order valence-corrected chi connectivity index (χ2v) is 4.13. The number of rotatable bonds is 4. The monoisotopic (exact) mass is 231 g/mol. The fourth-order valence-corrected chi connectivity index (χ4v) is 1.72. The molecule has 0 fully saturated rings. The van der Waals surface area contributed by atoms with Gasteiger partial charge in [-0.05, 0) is 18.9 Å². The van der Waals surface area contributed by atoms with Crippen molar-refractivity contribution in [3.8, 4) is 0 Å². The number of anilines is 1. The molecule has 0 unspecified atom stereocenters. The molecule has 5 heteroatoms. The fraction of sp³-hybridized carbons (Fsp3) is 0.333. The van der Waals surface area contributed by atoms with Gasteiger partial charge in [0.1, 0.15) is 5.82 Å². The van der Waals surface area contributed by atoms with Gasteiger partial charge in [-0.1, -0.05) is 29.8 Å². The van der Waals surface area contributed by atoms with Crippen LogP contribution in [0.4, 0.5) is 5.95 Å². The number of nitrogens with two attached hydrogens (primary N) is 1. The van der Waals surface area contributed by atoms with Crippen LogP contribution in [0.3, 0.4) is 0 Å². The average Bonchev–Trinajstić information content (AvgIpc) is 2.69. The molecule has 0 radical (unpaired) electrons. The molecule has 3 N–H and O–H groups in total. The largest absolute Gasteiger partial charge is 0.300 e. The van der Waals surface area contributed by atoms with E-state index >= 15 is 0 Å². The van der Waals surface area contributed by atoms with E-state index in [0.717, 1.165) is 18.7 Å². The Morgan fingerprint density at radius 3 is 2.47 bits per heavy atom. The Bertz CT molecular complexity index is 486. The number of hydrogen-bond donors (Lipinski definition) is 2. The van der Waals surface area contributed by atoms with Gasteiger partial charge in [0.25, 0.3) is 0 Å². The summed E-state index contributed by atoms with van der Waals surface area (Å²) in [5.41, 5.74) is 5.10. The highest BCUT2D eigenvalue weighted by Gasteiger charge is 2.06. The Labute approximate surface area is 101 Å². The minimum atomic E-state index is 0.587. The molecule has 0 bridgehead atoms. The van der Waals surface area contributed by atoms with Crippen molar-refractivity contribution < 1.29 is 0 Å². The summed E-state index contributed by atoms with van der Waals surface area (Å²) in [5, 5.41) is 8.03. The van der Waals surface area contributed by atoms with Crippen LogP contribution in [0, 0.1) is 6.92 Å². The number of benzene rings is 1. The van der Waals surface area contributed by atoms with Crippen LogP contribution in [0.2, 0.25) is 0 Å². The molecule has 1 heterocycles. The lowest BCUT2D eigenvalue weighted by molar-refractivity contribution is 0.771. The quantitative estimate of drug-likeness (QED) is 0.612. The molecule has 1 aromatic carbocycles. The summed E-state index contributed by atoms with van der Waals surface area (Å²) >= 11 is 0. The first-order valence-corrected chi connectivity index (χ1v) is 5.61. The van der Waals surface area contributed by atoms with Gasteiger partial charge in [0, 0.05) is 13.5 Å². The maximum Gasteiger partial charge on any atom is 0.238 e. The van der Waals surface area contributed by atoms with E-state index in [4.69, 9.17) is 5.84 Å². The molecule has 0 saturated carbocycles. The average molecular weight is 231 g/mol. The summed E-state index contributed by atoms with van der Waals surface area (Å²) in [6.07, 6.45) is 1.81. The van der Waals surface area contributed by atoms with Crippen LogP contribution in [0.1, 0.15) is 17.0 Å². The Morgan fingerprint density at radius 2 is 1.88 bits per heavy atom. The normalized spacial score (nSPS) is 10.5. The molecule has 90 valence electrons. The zero-order valence-corrected chi connectivity index (χ0v) is 10.1. The third-order valence-electron chi connectivity index (χ3n) is 2.85. The molecule has 0 aliphatic carbocycles. The first-order chi connectivity index (χ1) is 8.20. The number of nitrogen functional groups attached to an aromatic ring is 1. The molecule has 5 nitrogen and oxygen atoms in total. The zero-order chi connectivity index (χ0) is 12.3. The topological polar surface area (TPSA) is 68.8 Å². The van der Waals surface area contributed by atoms with Crippen LogP contribution >= 0.6 is 0 Å². The van der Waals surface area contributed by atoms with Crippen molar-refractivity contribution in [1.82, 2.24) is 14.8 Å². The molecule has 17 heavy (non-hydrogen) atoms. The van der Waals surface area contributed by atoms with Crippen LogP contribution in [0.25, 0.3) is 0 Å². The maximum atomic E-state index is 5.31. The molecule has 0 aliphatic heterocycles. The minimum Gasteiger partial charge on any atom is -0.300 e. The Kier molecular flexibility index (Phi) is 3.39. The van der Waals surface area contributed by atoms with Crippen LogP contribution in [0.5, 0.6) is 0 Å². The number of hydrazine groups is 1. The van der Waals surface area contributed by atoms with Crippen molar-refractivity contribution in [3.05, 3.63) is 41.2 Å². The maximum absolute atomic E-state index is 5.31. The van der Waals surface area contributed by atoms with E-state index in [1.165, 1.54) is 11.1 Å². The predicted octanol–water partition coefficient (Wildman–Crippen LogP) is 1.19. The van der Waals surface area contributed by atoms with Crippen LogP contribution in [0.15, 0.2) is 24.3 Å². The van der Waals surface area contributed by atoms with E-state index in [-0.39, 0.29) is 0 Å². The van der Waals surface area contributed by atoms with E-state index < -0.39 is 0 Å². The lowest BCUT2D eigenvalue weighted by Gasteiger charge is -2.03. The molecule has 0 atom stereocenters. The molecule has 2 aromatic rings. The lowest BCUT2D eigenvalue weighted by Crippen LogP contribution is -2.12. The van der Waals surface area contributed by atoms with E-state index in [9.17, 15) is 0 Å². The summed E-state index contributed by atoms with van der Waals surface area (Å²) < 4.78 is 1.87. The van der Waals surface area contributed by atoms with Gasteiger partial charge in [-0.15, -0.1) is 10.2 Å². The summed E-state index contributed by atoms with van der Waals surface area (Å²) in [6, 6.07) is 8.54. The summed E-state index contributed by atoms with van der Waals surface area (Å²) in [4.78, 5) is 0. The van der Waals surface area contributed by atoms with E-state index in [0.29, 0.717) is 5.95 Å². The van der Waals surface area contributed by atoms with Crippen molar-refractivity contribution in [2.75, 3.05) is 5.43 Å². The molecular weight excluding hydrogens is 214 g/mol. The van der Waals surface area contributed by atoms with E-state index in [2.05, 4.69) is 46.8 Å². The Morgan fingerprint density at radius 1 is 1.18 bits per heavy atom. The third-order valence-corrected chi connectivity index (χ3v) is 2.85. The molecule has 0 spiro atoms. The third kappa shape index (κ3) is 2.62. The zero-order valence-electron chi connectivity index (χ0n) is 10.1. The molecule has 2 rings (SSSR count). The molecule has 1 aromatic heterocycles. The van der Waals surface area contributed by atoms with Crippen molar-refractivity contribution >= 4 is 5.95 Å². The van der Waals surface area contributed by atoms with Crippen LogP contribution in [-0.4, -0.2) is 14.8 Å². The van der Waals surface area contributed by atoms with Gasteiger partial charge < -0.3 is 0 Å². The number of hydrogen-bond acceptors (Lipinski definition) is 4. The minimum absolute atomic E-state index is 0.587. The van der Waals surface area contributed by atoms with Gasteiger partial charge in [-0.2, -0.15) is 0 Å². The molecular formula is C12H17N5. The first-order valence-electron chi connectivity index (χ1n) is 5.61. The highest BCUT2D eigenvalue weighted by molar-refractivity contribution is 5.24. The predicted molar refractivity (Wildman–Crippen MR) is 67.4 cm³/mol. The smallest absolute Gasteiger partial charge is 0.238 e. The highest BCUT2D eigenvalue weighted by Crippen LogP contribution is 2.09. The SMILES string of the molecule is Cc1ccc(CCc2nnc(NN)n2C)cc1.